The van der Waals surface area contributed by atoms with Crippen LogP contribution in [0.15, 0.2) is 30.0 Å². The molecule has 2 unspecified atom stereocenters. The van der Waals surface area contributed by atoms with E-state index in [-0.39, 0.29) is 11.8 Å². The predicted molar refractivity (Wildman–Crippen MR) is 101 cm³/mol. The lowest BCUT2D eigenvalue weighted by Gasteiger charge is -2.37. The molecule has 0 saturated carbocycles. The number of rotatable bonds is 5. The van der Waals surface area contributed by atoms with Crippen molar-refractivity contribution >= 4 is 17.4 Å². The number of ether oxygens (including phenoxy) is 1. The number of amides is 2. The van der Waals surface area contributed by atoms with Gasteiger partial charge in [0.1, 0.15) is 11.4 Å². The monoisotopic (exact) mass is 356 g/mol. The molecule has 0 spiro atoms. The summed E-state index contributed by atoms with van der Waals surface area (Å²) in [4.78, 5) is 29.7. The average molecular weight is 356 g/mol. The van der Waals surface area contributed by atoms with Crippen LogP contribution >= 0.6 is 0 Å². The summed E-state index contributed by atoms with van der Waals surface area (Å²) < 4.78 is 5.22. The van der Waals surface area contributed by atoms with Crippen LogP contribution in [0, 0.1) is 11.8 Å². The second-order valence-corrected chi connectivity index (χ2v) is 7.57. The zero-order chi connectivity index (χ0) is 18.8. The summed E-state index contributed by atoms with van der Waals surface area (Å²) in [5.41, 5.74) is 1.89. The number of hydrogen-bond donors (Lipinski definition) is 0. The first-order valence-corrected chi connectivity index (χ1v) is 9.46. The highest BCUT2D eigenvalue weighted by molar-refractivity contribution is 6.35. The SMILES string of the molecule is CCCN1C(=O)C(c2ccc(OC)cc2)=C(N2CC(C)CC(C)C2)C1=O. The van der Waals surface area contributed by atoms with E-state index in [0.29, 0.717) is 29.7 Å². The van der Waals surface area contributed by atoms with Gasteiger partial charge >= 0.3 is 0 Å². The van der Waals surface area contributed by atoms with Crippen molar-refractivity contribution in [2.45, 2.75) is 33.6 Å². The highest BCUT2D eigenvalue weighted by Crippen LogP contribution is 2.35. The fraction of sp³-hybridized carbons (Fsp3) is 0.524. The van der Waals surface area contributed by atoms with E-state index in [0.717, 1.165) is 37.2 Å². The zero-order valence-electron chi connectivity index (χ0n) is 16.1. The minimum Gasteiger partial charge on any atom is -0.497 e. The van der Waals surface area contributed by atoms with Crippen LogP contribution in [0.2, 0.25) is 0 Å². The number of nitrogens with zero attached hydrogens (tertiary/aromatic N) is 2. The maximum Gasteiger partial charge on any atom is 0.277 e. The second-order valence-electron chi connectivity index (χ2n) is 7.57. The molecule has 0 aliphatic carbocycles. The summed E-state index contributed by atoms with van der Waals surface area (Å²) in [5, 5.41) is 0. The molecule has 2 heterocycles. The number of carbonyl (C=O) groups excluding carboxylic acids is 2. The maximum atomic E-state index is 13.1. The summed E-state index contributed by atoms with van der Waals surface area (Å²) in [6.07, 6.45) is 1.91. The highest BCUT2D eigenvalue weighted by Gasteiger charge is 2.42. The van der Waals surface area contributed by atoms with Crippen molar-refractivity contribution < 1.29 is 14.3 Å². The number of hydrogen-bond acceptors (Lipinski definition) is 4. The molecule has 0 radical (unpaired) electrons. The Morgan fingerprint density at radius 1 is 1.04 bits per heavy atom. The lowest BCUT2D eigenvalue weighted by Crippen LogP contribution is -2.42. The summed E-state index contributed by atoms with van der Waals surface area (Å²) in [5.74, 6) is 1.42. The van der Waals surface area contributed by atoms with Gasteiger partial charge in [0.25, 0.3) is 11.8 Å². The molecule has 140 valence electrons. The molecular weight excluding hydrogens is 328 g/mol. The van der Waals surface area contributed by atoms with Crippen LogP contribution in [-0.2, 0) is 9.59 Å². The Labute approximate surface area is 155 Å². The fourth-order valence-corrected chi connectivity index (χ4v) is 4.15. The normalized spacial score (nSPS) is 23.8. The Morgan fingerprint density at radius 3 is 2.19 bits per heavy atom. The number of carbonyl (C=O) groups is 2. The van der Waals surface area contributed by atoms with Crippen LogP contribution in [0.25, 0.3) is 5.57 Å². The quantitative estimate of drug-likeness (QED) is 0.761. The van der Waals surface area contributed by atoms with Crippen molar-refractivity contribution in [1.29, 1.82) is 0 Å². The van der Waals surface area contributed by atoms with Crippen LogP contribution in [0.5, 0.6) is 5.75 Å². The van der Waals surface area contributed by atoms with Crippen molar-refractivity contribution in [1.82, 2.24) is 9.80 Å². The maximum absolute atomic E-state index is 13.1. The molecule has 2 aliphatic rings. The summed E-state index contributed by atoms with van der Waals surface area (Å²) >= 11 is 0. The molecule has 0 bridgehead atoms. The third-order valence-electron chi connectivity index (χ3n) is 5.15. The van der Waals surface area contributed by atoms with Gasteiger partial charge in [0, 0.05) is 19.6 Å². The molecule has 26 heavy (non-hydrogen) atoms. The van der Waals surface area contributed by atoms with Crippen LogP contribution in [-0.4, -0.2) is 48.4 Å². The zero-order valence-corrected chi connectivity index (χ0v) is 16.1. The van der Waals surface area contributed by atoms with Gasteiger partial charge in [-0.1, -0.05) is 32.9 Å². The van der Waals surface area contributed by atoms with Gasteiger partial charge in [-0.15, -0.1) is 0 Å². The Kier molecular flexibility index (Phi) is 5.35. The largest absolute Gasteiger partial charge is 0.497 e. The fourth-order valence-electron chi connectivity index (χ4n) is 4.15. The molecule has 2 atom stereocenters. The van der Waals surface area contributed by atoms with Crippen molar-refractivity contribution in [3.05, 3.63) is 35.5 Å². The Bertz CT molecular complexity index is 713. The van der Waals surface area contributed by atoms with Gasteiger partial charge in [0.05, 0.1) is 12.7 Å². The van der Waals surface area contributed by atoms with E-state index in [1.54, 1.807) is 7.11 Å². The molecule has 5 nitrogen and oxygen atoms in total. The van der Waals surface area contributed by atoms with Gasteiger partial charge in [-0.3, -0.25) is 14.5 Å². The van der Waals surface area contributed by atoms with Crippen LogP contribution < -0.4 is 4.74 Å². The molecule has 1 aromatic rings. The molecular formula is C21H28N2O3. The van der Waals surface area contributed by atoms with E-state index in [4.69, 9.17) is 4.74 Å². The standard InChI is InChI=1S/C21H28N2O3/c1-5-10-23-20(24)18(16-6-8-17(26-4)9-7-16)19(21(23)25)22-12-14(2)11-15(3)13-22/h6-9,14-15H,5,10-13H2,1-4H3. The third kappa shape index (κ3) is 3.35. The van der Waals surface area contributed by atoms with Gasteiger partial charge in [-0.25, -0.2) is 0 Å². The Hall–Kier alpha value is -2.30. The van der Waals surface area contributed by atoms with Gasteiger partial charge in [0.15, 0.2) is 0 Å². The molecule has 5 heteroatoms. The van der Waals surface area contributed by atoms with E-state index in [1.807, 2.05) is 31.2 Å². The molecule has 1 aromatic carbocycles. The summed E-state index contributed by atoms with van der Waals surface area (Å²) in [7, 11) is 1.61. The topological polar surface area (TPSA) is 49.9 Å². The van der Waals surface area contributed by atoms with Crippen LogP contribution in [0.4, 0.5) is 0 Å². The van der Waals surface area contributed by atoms with Crippen molar-refractivity contribution in [3.8, 4) is 5.75 Å². The number of imide groups is 1. The number of methoxy groups -OCH3 is 1. The van der Waals surface area contributed by atoms with Gasteiger partial charge in [-0.2, -0.15) is 0 Å². The van der Waals surface area contributed by atoms with Crippen molar-refractivity contribution in [2.24, 2.45) is 11.8 Å². The first kappa shape index (κ1) is 18.5. The lowest BCUT2D eigenvalue weighted by atomic mass is 9.91. The molecule has 1 fully saturated rings. The first-order valence-electron chi connectivity index (χ1n) is 9.46. The average Bonchev–Trinajstić information content (AvgIpc) is 2.86. The summed E-state index contributed by atoms with van der Waals surface area (Å²) in [6.45, 7) is 8.50. The van der Waals surface area contributed by atoms with Gasteiger partial charge in [-0.05, 0) is 42.4 Å². The van der Waals surface area contributed by atoms with Crippen LogP contribution in [0.1, 0.15) is 39.2 Å². The minimum atomic E-state index is -0.178. The predicted octanol–water partition coefficient (Wildman–Crippen LogP) is 3.16. The van der Waals surface area contributed by atoms with Gasteiger partial charge in [0.2, 0.25) is 0 Å². The third-order valence-corrected chi connectivity index (χ3v) is 5.15. The highest BCUT2D eigenvalue weighted by atomic mass is 16.5. The molecule has 3 rings (SSSR count). The van der Waals surface area contributed by atoms with E-state index in [1.165, 1.54) is 4.90 Å². The lowest BCUT2D eigenvalue weighted by molar-refractivity contribution is -0.137. The van der Waals surface area contributed by atoms with Crippen LogP contribution in [0.3, 0.4) is 0 Å². The smallest absolute Gasteiger partial charge is 0.277 e. The second kappa shape index (κ2) is 7.52. The van der Waals surface area contributed by atoms with E-state index < -0.39 is 0 Å². The number of benzene rings is 1. The number of piperidine rings is 1. The van der Waals surface area contributed by atoms with Crippen molar-refractivity contribution in [2.75, 3.05) is 26.7 Å². The molecule has 1 saturated heterocycles. The van der Waals surface area contributed by atoms with E-state index in [9.17, 15) is 9.59 Å². The minimum absolute atomic E-state index is 0.149. The molecule has 0 aromatic heterocycles. The Balaban J connectivity index is 2.06. The molecule has 0 N–H and O–H groups in total. The van der Waals surface area contributed by atoms with Crippen molar-refractivity contribution in [3.63, 3.8) is 0 Å². The first-order chi connectivity index (χ1) is 12.5. The number of likely N-dealkylation sites (tertiary alicyclic amines) is 1. The Morgan fingerprint density at radius 2 is 1.65 bits per heavy atom. The van der Waals surface area contributed by atoms with E-state index in [2.05, 4.69) is 18.7 Å². The summed E-state index contributed by atoms with van der Waals surface area (Å²) in [6, 6.07) is 7.40. The molecule has 2 aliphatic heterocycles. The van der Waals surface area contributed by atoms with E-state index >= 15 is 0 Å². The molecule has 2 amide bonds. The van der Waals surface area contributed by atoms with Gasteiger partial charge < -0.3 is 9.64 Å².